The minimum absolute atomic E-state index is 0.146. The van der Waals surface area contributed by atoms with Crippen molar-refractivity contribution in [3.63, 3.8) is 0 Å². The zero-order valence-electron chi connectivity index (χ0n) is 13.7. The monoisotopic (exact) mass is 328 g/mol. The summed E-state index contributed by atoms with van der Waals surface area (Å²) in [5, 5.41) is 2.70. The number of benzene rings is 1. The molecule has 1 aromatic heterocycles. The van der Waals surface area contributed by atoms with E-state index in [-0.39, 0.29) is 18.3 Å². The lowest BCUT2D eigenvalue weighted by molar-refractivity contribution is 0.0945. The number of hydrogen-bond donors (Lipinski definition) is 1. The number of anilines is 1. The molecule has 0 saturated carbocycles. The highest BCUT2D eigenvalue weighted by Gasteiger charge is 2.15. The van der Waals surface area contributed by atoms with Crippen molar-refractivity contribution >= 4 is 11.6 Å². The van der Waals surface area contributed by atoms with Crippen LogP contribution in [0.1, 0.15) is 16.1 Å². The van der Waals surface area contributed by atoms with Gasteiger partial charge in [0.25, 0.3) is 5.91 Å². The lowest BCUT2D eigenvalue weighted by atomic mass is 10.2. The molecule has 1 aliphatic rings. The van der Waals surface area contributed by atoms with Gasteiger partial charge < -0.3 is 15.1 Å². The van der Waals surface area contributed by atoms with E-state index in [0.29, 0.717) is 11.3 Å². The molecule has 3 rings (SSSR count). The van der Waals surface area contributed by atoms with Gasteiger partial charge in [0.2, 0.25) is 0 Å². The Bertz CT molecular complexity index is 696. The van der Waals surface area contributed by atoms with Crippen molar-refractivity contribution in [2.45, 2.75) is 6.54 Å². The van der Waals surface area contributed by atoms with Crippen LogP contribution in [0.25, 0.3) is 0 Å². The maximum Gasteiger partial charge on any atom is 0.270 e. The normalized spacial score (nSPS) is 15.3. The van der Waals surface area contributed by atoms with Gasteiger partial charge in [0, 0.05) is 38.3 Å². The van der Waals surface area contributed by atoms with E-state index in [0.717, 1.165) is 31.9 Å². The number of pyridine rings is 1. The number of hydrogen-bond acceptors (Lipinski definition) is 4. The summed E-state index contributed by atoms with van der Waals surface area (Å²) in [7, 11) is 2.11. The van der Waals surface area contributed by atoms with Gasteiger partial charge in [0.1, 0.15) is 11.5 Å². The zero-order valence-corrected chi connectivity index (χ0v) is 13.7. The van der Waals surface area contributed by atoms with E-state index in [2.05, 4.69) is 27.1 Å². The lowest BCUT2D eigenvalue weighted by Crippen LogP contribution is -2.44. The van der Waals surface area contributed by atoms with Crippen molar-refractivity contribution in [1.82, 2.24) is 15.2 Å². The Kier molecular flexibility index (Phi) is 5.05. The van der Waals surface area contributed by atoms with Gasteiger partial charge in [-0.05, 0) is 25.2 Å². The maximum atomic E-state index is 13.6. The van der Waals surface area contributed by atoms with Crippen LogP contribution in [-0.2, 0) is 6.54 Å². The number of rotatable bonds is 4. The fourth-order valence-electron chi connectivity index (χ4n) is 2.68. The Balaban J connectivity index is 1.59. The molecule has 1 saturated heterocycles. The molecule has 1 fully saturated rings. The fraction of sp³-hybridized carbons (Fsp3) is 0.333. The summed E-state index contributed by atoms with van der Waals surface area (Å²) in [4.78, 5) is 20.9. The smallest absolute Gasteiger partial charge is 0.270 e. The number of amides is 1. The zero-order chi connectivity index (χ0) is 16.9. The number of nitrogens with one attached hydrogen (secondary N) is 1. The molecule has 6 heteroatoms. The second kappa shape index (κ2) is 7.40. The average molecular weight is 328 g/mol. The summed E-state index contributed by atoms with van der Waals surface area (Å²) < 4.78 is 13.6. The predicted molar refractivity (Wildman–Crippen MR) is 91.5 cm³/mol. The highest BCUT2D eigenvalue weighted by atomic mass is 19.1. The Hall–Kier alpha value is -2.47. The first kappa shape index (κ1) is 16.4. The number of likely N-dealkylation sites (N-methyl/N-ethyl adjacent to an activating group) is 1. The van der Waals surface area contributed by atoms with E-state index in [1.807, 2.05) is 6.07 Å². The third-order valence-electron chi connectivity index (χ3n) is 4.25. The van der Waals surface area contributed by atoms with Crippen molar-refractivity contribution in [2.75, 3.05) is 38.1 Å². The summed E-state index contributed by atoms with van der Waals surface area (Å²) in [6, 6.07) is 10.0. The van der Waals surface area contributed by atoms with E-state index in [1.54, 1.807) is 30.5 Å². The van der Waals surface area contributed by atoms with E-state index < -0.39 is 0 Å². The van der Waals surface area contributed by atoms with Crippen LogP contribution in [0.5, 0.6) is 0 Å². The molecular formula is C18H21FN4O. The largest absolute Gasteiger partial charge is 0.368 e. The molecule has 0 spiro atoms. The molecule has 0 atom stereocenters. The molecule has 1 aliphatic heterocycles. The van der Waals surface area contributed by atoms with Crippen LogP contribution >= 0.6 is 0 Å². The van der Waals surface area contributed by atoms with Crippen LogP contribution in [0.3, 0.4) is 0 Å². The number of nitrogens with zero attached hydrogens (tertiary/aromatic N) is 3. The molecule has 0 radical (unpaired) electrons. The molecule has 1 N–H and O–H groups in total. The molecule has 126 valence electrons. The Morgan fingerprint density at radius 1 is 1.17 bits per heavy atom. The molecular weight excluding hydrogens is 307 g/mol. The minimum Gasteiger partial charge on any atom is -0.368 e. The van der Waals surface area contributed by atoms with Gasteiger partial charge in [0.15, 0.2) is 0 Å². The summed E-state index contributed by atoms with van der Waals surface area (Å²) >= 11 is 0. The second-order valence-electron chi connectivity index (χ2n) is 5.97. The molecule has 5 nitrogen and oxygen atoms in total. The van der Waals surface area contributed by atoms with Crippen LogP contribution in [-0.4, -0.2) is 49.0 Å². The third-order valence-corrected chi connectivity index (χ3v) is 4.25. The standard InChI is InChI=1S/C18H21FN4O/c1-22-8-10-23(11-9-22)15-6-7-17(20-13-15)18(24)21-12-14-4-2-3-5-16(14)19/h2-7,13H,8-12H2,1H3,(H,21,24). The molecule has 1 aromatic carbocycles. The quantitative estimate of drug-likeness (QED) is 0.931. The summed E-state index contributed by atoms with van der Waals surface area (Å²) in [5.74, 6) is -0.626. The van der Waals surface area contributed by atoms with Crippen molar-refractivity contribution in [3.8, 4) is 0 Å². The fourth-order valence-corrected chi connectivity index (χ4v) is 2.68. The SMILES string of the molecule is CN1CCN(c2ccc(C(=O)NCc3ccccc3F)nc2)CC1. The van der Waals surface area contributed by atoms with Gasteiger partial charge in [-0.2, -0.15) is 0 Å². The molecule has 24 heavy (non-hydrogen) atoms. The summed E-state index contributed by atoms with van der Waals surface area (Å²) in [5.41, 5.74) is 1.82. The number of carbonyl (C=O) groups is 1. The van der Waals surface area contributed by atoms with Gasteiger partial charge in [-0.1, -0.05) is 18.2 Å². The summed E-state index contributed by atoms with van der Waals surface area (Å²) in [6.07, 6.45) is 1.73. The first-order valence-electron chi connectivity index (χ1n) is 8.04. The van der Waals surface area contributed by atoms with E-state index in [4.69, 9.17) is 0 Å². The van der Waals surface area contributed by atoms with Crippen LogP contribution < -0.4 is 10.2 Å². The minimum atomic E-state index is -0.323. The van der Waals surface area contributed by atoms with Crippen molar-refractivity contribution in [1.29, 1.82) is 0 Å². The van der Waals surface area contributed by atoms with Crippen molar-refractivity contribution < 1.29 is 9.18 Å². The van der Waals surface area contributed by atoms with Crippen LogP contribution in [0.4, 0.5) is 10.1 Å². The van der Waals surface area contributed by atoms with E-state index in [1.165, 1.54) is 6.07 Å². The molecule has 2 heterocycles. The van der Waals surface area contributed by atoms with Gasteiger partial charge in [0.05, 0.1) is 11.9 Å². The topological polar surface area (TPSA) is 48.5 Å². The third kappa shape index (κ3) is 3.89. The molecule has 2 aromatic rings. The molecule has 0 aliphatic carbocycles. The Morgan fingerprint density at radius 3 is 2.58 bits per heavy atom. The maximum absolute atomic E-state index is 13.6. The Morgan fingerprint density at radius 2 is 1.92 bits per heavy atom. The van der Waals surface area contributed by atoms with Crippen LogP contribution in [0, 0.1) is 5.82 Å². The van der Waals surface area contributed by atoms with Crippen LogP contribution in [0.15, 0.2) is 42.6 Å². The van der Waals surface area contributed by atoms with Gasteiger partial charge in [-0.15, -0.1) is 0 Å². The van der Waals surface area contributed by atoms with Crippen molar-refractivity contribution in [3.05, 3.63) is 59.7 Å². The van der Waals surface area contributed by atoms with Gasteiger partial charge in [-0.25, -0.2) is 9.37 Å². The molecule has 0 bridgehead atoms. The lowest BCUT2D eigenvalue weighted by Gasteiger charge is -2.33. The average Bonchev–Trinajstić information content (AvgIpc) is 2.62. The number of aromatic nitrogens is 1. The highest BCUT2D eigenvalue weighted by molar-refractivity contribution is 5.92. The summed E-state index contributed by atoms with van der Waals surface area (Å²) in [6.45, 7) is 4.09. The van der Waals surface area contributed by atoms with Gasteiger partial charge in [-0.3, -0.25) is 4.79 Å². The number of carbonyl (C=O) groups excluding carboxylic acids is 1. The first-order valence-corrected chi connectivity index (χ1v) is 8.04. The second-order valence-corrected chi connectivity index (χ2v) is 5.97. The molecule has 0 unspecified atom stereocenters. The number of halogens is 1. The van der Waals surface area contributed by atoms with E-state index in [9.17, 15) is 9.18 Å². The van der Waals surface area contributed by atoms with Crippen molar-refractivity contribution in [2.24, 2.45) is 0 Å². The van der Waals surface area contributed by atoms with Crippen LogP contribution in [0.2, 0.25) is 0 Å². The highest BCUT2D eigenvalue weighted by Crippen LogP contribution is 2.15. The molecule has 1 amide bonds. The Labute approximate surface area is 141 Å². The number of piperazine rings is 1. The van der Waals surface area contributed by atoms with Gasteiger partial charge >= 0.3 is 0 Å². The van der Waals surface area contributed by atoms with E-state index >= 15 is 0 Å². The predicted octanol–water partition coefficient (Wildman–Crippen LogP) is 1.90. The first-order chi connectivity index (χ1) is 11.6.